The molecule has 86 valence electrons. The molecule has 1 atom stereocenters. The van der Waals surface area contributed by atoms with Crippen LogP contribution in [0.5, 0.6) is 5.75 Å². The first-order chi connectivity index (χ1) is 7.83. The second kappa shape index (κ2) is 5.03. The standard InChI is InChI=1S/C13H16O3/c1-15-11-7-3-2-6-10(11)13(14)12-8-4-5-9-16-12/h2-3,6-8,13-14H,4-5,9H2,1H3. The molecular formula is C13H16O3. The van der Waals surface area contributed by atoms with Gasteiger partial charge in [0.1, 0.15) is 17.6 Å². The van der Waals surface area contributed by atoms with Gasteiger partial charge in [0.2, 0.25) is 0 Å². The number of benzene rings is 1. The van der Waals surface area contributed by atoms with E-state index in [0.717, 1.165) is 18.4 Å². The lowest BCUT2D eigenvalue weighted by atomic mass is 10.0. The summed E-state index contributed by atoms with van der Waals surface area (Å²) >= 11 is 0. The molecule has 0 saturated carbocycles. The highest BCUT2D eigenvalue weighted by molar-refractivity contribution is 5.38. The topological polar surface area (TPSA) is 38.7 Å². The average molecular weight is 220 g/mol. The number of aliphatic hydroxyl groups is 1. The van der Waals surface area contributed by atoms with Crippen LogP contribution in [0.3, 0.4) is 0 Å². The van der Waals surface area contributed by atoms with E-state index in [0.29, 0.717) is 18.1 Å². The van der Waals surface area contributed by atoms with E-state index in [2.05, 4.69) is 0 Å². The van der Waals surface area contributed by atoms with Crippen molar-refractivity contribution in [2.24, 2.45) is 0 Å². The second-order valence-electron chi connectivity index (χ2n) is 3.74. The maximum absolute atomic E-state index is 10.2. The minimum atomic E-state index is -0.726. The van der Waals surface area contributed by atoms with Gasteiger partial charge in [-0.3, -0.25) is 0 Å². The smallest absolute Gasteiger partial charge is 0.139 e. The Balaban J connectivity index is 2.25. The fourth-order valence-electron chi connectivity index (χ4n) is 1.81. The summed E-state index contributed by atoms with van der Waals surface area (Å²) in [5.41, 5.74) is 0.748. The molecular weight excluding hydrogens is 204 g/mol. The van der Waals surface area contributed by atoms with Gasteiger partial charge >= 0.3 is 0 Å². The summed E-state index contributed by atoms with van der Waals surface area (Å²) in [5, 5.41) is 10.2. The fraction of sp³-hybridized carbons (Fsp3) is 0.385. The Kier molecular flexibility index (Phi) is 3.47. The van der Waals surface area contributed by atoms with Gasteiger partial charge in [-0.25, -0.2) is 0 Å². The van der Waals surface area contributed by atoms with Crippen LogP contribution in [-0.2, 0) is 4.74 Å². The van der Waals surface area contributed by atoms with Crippen molar-refractivity contribution in [1.29, 1.82) is 0 Å². The number of ether oxygens (including phenoxy) is 2. The lowest BCUT2D eigenvalue weighted by molar-refractivity contribution is 0.0902. The van der Waals surface area contributed by atoms with Crippen LogP contribution in [0.1, 0.15) is 24.5 Å². The highest BCUT2D eigenvalue weighted by Crippen LogP contribution is 2.31. The molecule has 1 aliphatic heterocycles. The molecule has 2 rings (SSSR count). The zero-order valence-corrected chi connectivity index (χ0v) is 9.35. The molecule has 0 spiro atoms. The second-order valence-corrected chi connectivity index (χ2v) is 3.74. The summed E-state index contributed by atoms with van der Waals surface area (Å²) < 4.78 is 10.7. The van der Waals surface area contributed by atoms with Gasteiger partial charge in [-0.1, -0.05) is 18.2 Å². The first kappa shape index (κ1) is 11.0. The van der Waals surface area contributed by atoms with Crippen molar-refractivity contribution in [3.05, 3.63) is 41.7 Å². The van der Waals surface area contributed by atoms with E-state index in [4.69, 9.17) is 9.47 Å². The predicted molar refractivity (Wildman–Crippen MR) is 61.2 cm³/mol. The van der Waals surface area contributed by atoms with Crippen molar-refractivity contribution in [3.63, 3.8) is 0 Å². The number of rotatable bonds is 3. The molecule has 1 aromatic carbocycles. The Hall–Kier alpha value is -1.48. The van der Waals surface area contributed by atoms with Crippen LogP contribution < -0.4 is 4.74 Å². The molecule has 1 N–H and O–H groups in total. The van der Waals surface area contributed by atoms with Gasteiger partial charge in [0.05, 0.1) is 13.7 Å². The molecule has 0 fully saturated rings. The number of aliphatic hydroxyl groups excluding tert-OH is 1. The SMILES string of the molecule is COc1ccccc1C(O)C1=CCCCO1. The van der Waals surface area contributed by atoms with Crippen LogP contribution in [0.15, 0.2) is 36.1 Å². The summed E-state index contributed by atoms with van der Waals surface area (Å²) in [7, 11) is 1.60. The van der Waals surface area contributed by atoms with Gasteiger partial charge in [0, 0.05) is 5.56 Å². The van der Waals surface area contributed by atoms with Crippen LogP contribution >= 0.6 is 0 Å². The van der Waals surface area contributed by atoms with Crippen LogP contribution in [0.25, 0.3) is 0 Å². The molecule has 0 amide bonds. The van der Waals surface area contributed by atoms with E-state index in [1.165, 1.54) is 0 Å². The number of hydrogen-bond acceptors (Lipinski definition) is 3. The number of hydrogen-bond donors (Lipinski definition) is 1. The molecule has 0 aliphatic carbocycles. The fourth-order valence-corrected chi connectivity index (χ4v) is 1.81. The third kappa shape index (κ3) is 2.19. The van der Waals surface area contributed by atoms with Crippen molar-refractivity contribution in [1.82, 2.24) is 0 Å². The third-order valence-electron chi connectivity index (χ3n) is 2.67. The molecule has 0 saturated heterocycles. The van der Waals surface area contributed by atoms with Crippen LogP contribution in [0.2, 0.25) is 0 Å². The van der Waals surface area contributed by atoms with E-state index >= 15 is 0 Å². The van der Waals surface area contributed by atoms with Gasteiger partial charge in [0.15, 0.2) is 0 Å². The first-order valence-electron chi connectivity index (χ1n) is 5.46. The lowest BCUT2D eigenvalue weighted by Gasteiger charge is -2.21. The summed E-state index contributed by atoms with van der Waals surface area (Å²) in [5.74, 6) is 1.32. The maximum Gasteiger partial charge on any atom is 0.139 e. The monoisotopic (exact) mass is 220 g/mol. The van der Waals surface area contributed by atoms with Crippen LogP contribution in [0.4, 0.5) is 0 Å². The van der Waals surface area contributed by atoms with Crippen LogP contribution in [-0.4, -0.2) is 18.8 Å². The van der Waals surface area contributed by atoms with Gasteiger partial charge in [-0.15, -0.1) is 0 Å². The number of allylic oxidation sites excluding steroid dienone is 1. The van der Waals surface area contributed by atoms with E-state index in [1.54, 1.807) is 7.11 Å². The number of para-hydroxylation sites is 1. The number of methoxy groups -OCH3 is 1. The minimum absolute atomic E-state index is 0.635. The molecule has 0 bridgehead atoms. The van der Waals surface area contributed by atoms with Crippen molar-refractivity contribution in [3.8, 4) is 5.75 Å². The zero-order chi connectivity index (χ0) is 11.4. The molecule has 1 aliphatic rings. The third-order valence-corrected chi connectivity index (χ3v) is 2.67. The Morgan fingerprint density at radius 2 is 2.19 bits per heavy atom. The van der Waals surface area contributed by atoms with Gasteiger partial charge in [-0.2, -0.15) is 0 Å². The minimum Gasteiger partial charge on any atom is -0.496 e. The van der Waals surface area contributed by atoms with Gasteiger partial charge in [-0.05, 0) is 25.0 Å². The largest absolute Gasteiger partial charge is 0.496 e. The van der Waals surface area contributed by atoms with E-state index in [9.17, 15) is 5.11 Å². The first-order valence-corrected chi connectivity index (χ1v) is 5.46. The quantitative estimate of drug-likeness (QED) is 0.850. The van der Waals surface area contributed by atoms with Crippen molar-refractivity contribution >= 4 is 0 Å². The normalized spacial score (nSPS) is 17.2. The lowest BCUT2D eigenvalue weighted by Crippen LogP contribution is -2.10. The van der Waals surface area contributed by atoms with E-state index < -0.39 is 6.10 Å². The molecule has 0 aromatic heterocycles. The molecule has 16 heavy (non-hydrogen) atoms. The predicted octanol–water partition coefficient (Wildman–Crippen LogP) is 2.42. The molecule has 1 unspecified atom stereocenters. The molecule has 1 heterocycles. The zero-order valence-electron chi connectivity index (χ0n) is 9.35. The average Bonchev–Trinajstić information content (AvgIpc) is 2.39. The van der Waals surface area contributed by atoms with E-state index in [-0.39, 0.29) is 0 Å². The van der Waals surface area contributed by atoms with E-state index in [1.807, 2.05) is 30.3 Å². The highest BCUT2D eigenvalue weighted by Gasteiger charge is 2.19. The molecule has 1 aromatic rings. The van der Waals surface area contributed by atoms with Crippen LogP contribution in [0, 0.1) is 0 Å². The van der Waals surface area contributed by atoms with Crippen molar-refractivity contribution in [2.75, 3.05) is 13.7 Å². The summed E-state index contributed by atoms with van der Waals surface area (Å²) in [6, 6.07) is 7.44. The Morgan fingerprint density at radius 1 is 1.38 bits per heavy atom. The Bertz CT molecular complexity index is 385. The van der Waals surface area contributed by atoms with Gasteiger partial charge in [0.25, 0.3) is 0 Å². The Morgan fingerprint density at radius 3 is 2.88 bits per heavy atom. The summed E-state index contributed by atoms with van der Waals surface area (Å²) in [6.07, 6.45) is 3.20. The summed E-state index contributed by atoms with van der Waals surface area (Å²) in [6.45, 7) is 0.679. The molecule has 0 radical (unpaired) electrons. The van der Waals surface area contributed by atoms with Crippen molar-refractivity contribution < 1.29 is 14.6 Å². The Labute approximate surface area is 95.3 Å². The molecule has 3 heteroatoms. The summed E-state index contributed by atoms with van der Waals surface area (Å²) in [4.78, 5) is 0. The van der Waals surface area contributed by atoms with Crippen molar-refractivity contribution in [2.45, 2.75) is 18.9 Å². The molecule has 3 nitrogen and oxygen atoms in total. The maximum atomic E-state index is 10.2. The van der Waals surface area contributed by atoms with Gasteiger partial charge < -0.3 is 14.6 Å². The highest BCUT2D eigenvalue weighted by atomic mass is 16.5.